The molecule has 0 amide bonds. The van der Waals surface area contributed by atoms with E-state index in [1.165, 1.54) is 0 Å². The third kappa shape index (κ3) is 5.91. The Labute approximate surface area is 141 Å². The van der Waals surface area contributed by atoms with Gasteiger partial charge in [-0.1, -0.05) is 17.7 Å². The molecule has 140 valence electrons. The molecule has 6 unspecified atom stereocenters. The maximum atomic E-state index is 9.97. The SMILES string of the molecule is CC(=CCC(O)C(C)=CCOC1OC(CO)C(O)C(O)C1O)CO. The third-order valence-electron chi connectivity index (χ3n) is 3.98. The van der Waals surface area contributed by atoms with Gasteiger partial charge in [0.25, 0.3) is 0 Å². The molecule has 0 aliphatic carbocycles. The van der Waals surface area contributed by atoms with E-state index in [4.69, 9.17) is 19.7 Å². The zero-order chi connectivity index (χ0) is 18.3. The van der Waals surface area contributed by atoms with Crippen molar-refractivity contribution >= 4 is 0 Å². The number of aliphatic hydroxyl groups excluding tert-OH is 6. The Morgan fingerprint density at radius 1 is 1.08 bits per heavy atom. The molecule has 0 aromatic rings. The first-order chi connectivity index (χ1) is 11.3. The summed E-state index contributed by atoms with van der Waals surface area (Å²) in [5.41, 5.74) is 1.40. The van der Waals surface area contributed by atoms with E-state index in [0.29, 0.717) is 12.0 Å². The summed E-state index contributed by atoms with van der Waals surface area (Å²) in [7, 11) is 0. The van der Waals surface area contributed by atoms with Crippen molar-refractivity contribution in [3.63, 3.8) is 0 Å². The van der Waals surface area contributed by atoms with Crippen LogP contribution in [0.1, 0.15) is 20.3 Å². The van der Waals surface area contributed by atoms with Crippen LogP contribution in [-0.4, -0.2) is 87.3 Å². The molecular formula is C16H28O8. The van der Waals surface area contributed by atoms with Gasteiger partial charge < -0.3 is 40.1 Å². The van der Waals surface area contributed by atoms with Gasteiger partial charge in [-0.3, -0.25) is 0 Å². The lowest BCUT2D eigenvalue weighted by Crippen LogP contribution is -2.59. The molecular weight excluding hydrogens is 320 g/mol. The van der Waals surface area contributed by atoms with E-state index in [-0.39, 0.29) is 13.2 Å². The van der Waals surface area contributed by atoms with Crippen molar-refractivity contribution in [1.29, 1.82) is 0 Å². The van der Waals surface area contributed by atoms with Crippen LogP contribution in [0.3, 0.4) is 0 Å². The zero-order valence-corrected chi connectivity index (χ0v) is 13.9. The Bertz CT molecular complexity index is 434. The van der Waals surface area contributed by atoms with Gasteiger partial charge in [-0.15, -0.1) is 0 Å². The minimum absolute atomic E-state index is 0.00821. The second-order valence-corrected chi connectivity index (χ2v) is 5.94. The lowest BCUT2D eigenvalue weighted by Gasteiger charge is -2.39. The molecule has 0 spiro atoms. The second kappa shape index (κ2) is 10.2. The summed E-state index contributed by atoms with van der Waals surface area (Å²) in [4.78, 5) is 0. The van der Waals surface area contributed by atoms with E-state index >= 15 is 0 Å². The number of aliphatic hydroxyl groups is 6. The second-order valence-electron chi connectivity index (χ2n) is 5.94. The molecule has 1 aliphatic rings. The highest BCUT2D eigenvalue weighted by Crippen LogP contribution is 2.22. The first kappa shape index (κ1) is 21.2. The van der Waals surface area contributed by atoms with Crippen LogP contribution in [0.2, 0.25) is 0 Å². The monoisotopic (exact) mass is 348 g/mol. The minimum atomic E-state index is -1.48. The van der Waals surface area contributed by atoms with E-state index in [1.54, 1.807) is 26.0 Å². The van der Waals surface area contributed by atoms with E-state index in [2.05, 4.69) is 0 Å². The van der Waals surface area contributed by atoms with Crippen molar-refractivity contribution in [2.45, 2.75) is 57.1 Å². The topological polar surface area (TPSA) is 140 Å². The molecule has 1 heterocycles. The van der Waals surface area contributed by atoms with E-state index in [9.17, 15) is 20.4 Å². The van der Waals surface area contributed by atoms with Crippen LogP contribution in [0.25, 0.3) is 0 Å². The summed E-state index contributed by atoms with van der Waals surface area (Å²) in [5.74, 6) is 0. The largest absolute Gasteiger partial charge is 0.394 e. The maximum Gasteiger partial charge on any atom is 0.187 e. The van der Waals surface area contributed by atoms with Crippen molar-refractivity contribution in [1.82, 2.24) is 0 Å². The Hall–Kier alpha value is -0.840. The smallest absolute Gasteiger partial charge is 0.187 e. The molecule has 1 fully saturated rings. The molecule has 1 saturated heterocycles. The van der Waals surface area contributed by atoms with Gasteiger partial charge in [-0.2, -0.15) is 0 Å². The van der Waals surface area contributed by atoms with Crippen LogP contribution >= 0.6 is 0 Å². The number of hydrogen-bond acceptors (Lipinski definition) is 8. The molecule has 1 aliphatic heterocycles. The summed E-state index contributed by atoms with van der Waals surface area (Å²) in [6.45, 7) is 2.90. The van der Waals surface area contributed by atoms with Crippen molar-refractivity contribution in [2.24, 2.45) is 0 Å². The summed E-state index contributed by atoms with van der Waals surface area (Å²) in [6.07, 6.45) is -3.60. The highest BCUT2D eigenvalue weighted by atomic mass is 16.7. The van der Waals surface area contributed by atoms with E-state index < -0.39 is 43.4 Å². The molecule has 0 aromatic carbocycles. The van der Waals surface area contributed by atoms with Crippen molar-refractivity contribution in [2.75, 3.05) is 19.8 Å². The quantitative estimate of drug-likeness (QED) is 0.289. The fourth-order valence-corrected chi connectivity index (χ4v) is 2.18. The zero-order valence-electron chi connectivity index (χ0n) is 13.9. The van der Waals surface area contributed by atoms with Gasteiger partial charge in [0.1, 0.15) is 24.4 Å². The molecule has 6 atom stereocenters. The highest BCUT2D eigenvalue weighted by Gasteiger charge is 2.43. The predicted octanol–water partition coefficient (Wildman–Crippen LogP) is -1.56. The molecule has 0 bridgehead atoms. The van der Waals surface area contributed by atoms with Gasteiger partial charge in [0, 0.05) is 0 Å². The van der Waals surface area contributed by atoms with Gasteiger partial charge in [0.2, 0.25) is 0 Å². The number of hydrogen-bond donors (Lipinski definition) is 6. The number of ether oxygens (including phenoxy) is 2. The van der Waals surface area contributed by atoms with Crippen LogP contribution in [0.15, 0.2) is 23.3 Å². The Kier molecular flexibility index (Phi) is 9.03. The molecule has 8 nitrogen and oxygen atoms in total. The lowest BCUT2D eigenvalue weighted by molar-refractivity contribution is -0.298. The summed E-state index contributed by atoms with van der Waals surface area (Å²) >= 11 is 0. The average Bonchev–Trinajstić information content (AvgIpc) is 2.58. The minimum Gasteiger partial charge on any atom is -0.394 e. The van der Waals surface area contributed by atoms with Gasteiger partial charge in [0.05, 0.1) is 25.9 Å². The first-order valence-corrected chi connectivity index (χ1v) is 7.85. The van der Waals surface area contributed by atoms with E-state index in [0.717, 1.165) is 5.57 Å². The van der Waals surface area contributed by atoms with Crippen LogP contribution in [0, 0.1) is 0 Å². The number of rotatable bonds is 8. The van der Waals surface area contributed by atoms with Crippen LogP contribution in [0.4, 0.5) is 0 Å². The van der Waals surface area contributed by atoms with Gasteiger partial charge >= 0.3 is 0 Å². The van der Waals surface area contributed by atoms with Crippen LogP contribution < -0.4 is 0 Å². The average molecular weight is 348 g/mol. The van der Waals surface area contributed by atoms with Crippen molar-refractivity contribution in [3.05, 3.63) is 23.3 Å². The molecule has 0 aromatic heterocycles. The Balaban J connectivity index is 2.52. The standard InChI is InChI=1S/C16H28O8/c1-9(7-17)3-4-11(19)10(2)5-6-23-16-15(22)14(21)13(20)12(8-18)24-16/h3,5,11-22H,4,6-8H2,1-2H3. The van der Waals surface area contributed by atoms with Gasteiger partial charge in [0.15, 0.2) is 6.29 Å². The Morgan fingerprint density at radius 3 is 2.33 bits per heavy atom. The first-order valence-electron chi connectivity index (χ1n) is 7.85. The molecule has 1 rings (SSSR count). The summed E-state index contributed by atoms with van der Waals surface area (Å²) in [6, 6.07) is 0. The van der Waals surface area contributed by atoms with E-state index in [1.807, 2.05) is 0 Å². The molecule has 6 N–H and O–H groups in total. The highest BCUT2D eigenvalue weighted by molar-refractivity contribution is 5.09. The maximum absolute atomic E-state index is 9.97. The fraction of sp³-hybridized carbons (Fsp3) is 0.750. The van der Waals surface area contributed by atoms with Crippen molar-refractivity contribution in [3.8, 4) is 0 Å². The normalized spacial score (nSPS) is 33.6. The van der Waals surface area contributed by atoms with Crippen LogP contribution in [0.5, 0.6) is 0 Å². The molecule has 0 saturated carbocycles. The Morgan fingerprint density at radius 2 is 1.75 bits per heavy atom. The fourth-order valence-electron chi connectivity index (χ4n) is 2.18. The van der Waals surface area contributed by atoms with Gasteiger partial charge in [-0.25, -0.2) is 0 Å². The molecule has 0 radical (unpaired) electrons. The van der Waals surface area contributed by atoms with Gasteiger partial charge in [-0.05, 0) is 25.8 Å². The van der Waals surface area contributed by atoms with Crippen molar-refractivity contribution < 1.29 is 40.1 Å². The summed E-state index contributed by atoms with van der Waals surface area (Å²) < 4.78 is 10.5. The molecule has 8 heteroatoms. The third-order valence-corrected chi connectivity index (χ3v) is 3.98. The predicted molar refractivity (Wildman–Crippen MR) is 84.9 cm³/mol. The lowest BCUT2D eigenvalue weighted by atomic mass is 9.99. The molecule has 24 heavy (non-hydrogen) atoms. The van der Waals surface area contributed by atoms with Crippen LogP contribution in [-0.2, 0) is 9.47 Å². The summed E-state index contributed by atoms with van der Waals surface area (Å²) in [5, 5.41) is 57.1.